The zero-order valence-electron chi connectivity index (χ0n) is 79.2. The van der Waals surface area contributed by atoms with Crippen LogP contribution >= 0.6 is 0 Å². The molecule has 27 aromatic rings. The third kappa shape index (κ3) is 12.2. The number of aromatic nitrogens is 6. The first-order valence-electron chi connectivity index (χ1n) is 49.4. The van der Waals surface area contributed by atoms with Gasteiger partial charge in [0, 0.05) is 115 Å². The Labute approximate surface area is 817 Å². The normalized spacial score (nSPS) is 13.5. The monoisotopic (exact) mass is 1800 g/mol. The Morgan fingerprint density at radius 1 is 0.135 bits per heavy atom. The van der Waals surface area contributed by atoms with Crippen LogP contribution in [0.25, 0.3) is 232 Å². The van der Waals surface area contributed by atoms with Gasteiger partial charge in [0.1, 0.15) is 0 Å². The quantitative estimate of drug-likeness (QED) is 0.138. The zero-order valence-corrected chi connectivity index (χ0v) is 79.2. The van der Waals surface area contributed by atoms with Gasteiger partial charge in [-0.1, -0.05) is 351 Å². The highest BCUT2D eigenvalue weighted by atomic mass is 15.0. The van der Waals surface area contributed by atoms with Crippen LogP contribution in [0.15, 0.2) is 473 Å². The van der Waals surface area contributed by atoms with Gasteiger partial charge < -0.3 is 27.4 Å². The fourth-order valence-electron chi connectivity index (χ4n) is 25.3. The summed E-state index contributed by atoms with van der Waals surface area (Å²) >= 11 is 0. The molecule has 6 nitrogen and oxygen atoms in total. The molecule has 6 heterocycles. The summed E-state index contributed by atoms with van der Waals surface area (Å²) in [7, 11) is 0. The van der Waals surface area contributed by atoms with Crippen molar-refractivity contribution < 1.29 is 0 Å². The van der Waals surface area contributed by atoms with Crippen LogP contribution in [0.3, 0.4) is 0 Å². The highest BCUT2D eigenvalue weighted by Crippen LogP contribution is 2.58. The maximum absolute atomic E-state index is 2.47. The molecule has 0 unspecified atom stereocenters. The Kier molecular flexibility index (Phi) is 18.1. The summed E-state index contributed by atoms with van der Waals surface area (Å²) in [5.74, 6) is 0. The molecule has 0 amide bonds. The Bertz CT molecular complexity index is 9480. The van der Waals surface area contributed by atoms with Gasteiger partial charge >= 0.3 is 0 Å². The van der Waals surface area contributed by atoms with Crippen molar-refractivity contribution in [3.63, 3.8) is 0 Å². The van der Waals surface area contributed by atoms with Crippen LogP contribution in [0.4, 0.5) is 0 Å². The van der Waals surface area contributed by atoms with E-state index in [9.17, 15) is 0 Å². The zero-order chi connectivity index (χ0) is 93.8. The fourth-order valence-corrected chi connectivity index (χ4v) is 25.3. The van der Waals surface area contributed by atoms with Crippen LogP contribution in [-0.4, -0.2) is 27.4 Å². The average molecular weight is 1800 g/mol. The van der Waals surface area contributed by atoms with Gasteiger partial charge in [0.05, 0.1) is 66.2 Å². The standard InChI is InChI=1S/3C45H32N2/c2*1-45(2)38-19-11-9-17-33(38)35-24-26-41-43(44(35)45)36-23-21-30(28-42(36)47(41)32-15-7-4-8-16-32)29-22-25-40-37(27-29)34-18-10-12-20-39(34)46(40)31-13-5-3-6-14-31;1-45(2)38-19-11-9-17-33(38)36-24-26-41-43(44(36)45)37-27-29(22-25-40(37)46(41)31-13-5-3-6-14-31)30-21-23-35-34-18-10-12-20-39(34)47(42(35)28-30)32-15-7-4-8-16-32/h3*3-28H,1-2H3. The molecule has 0 atom stereocenters. The predicted molar refractivity (Wildman–Crippen MR) is 594 cm³/mol. The molecule has 21 aromatic carbocycles. The molecule has 0 aliphatic heterocycles. The highest BCUT2D eigenvalue weighted by molar-refractivity contribution is 6.21. The highest BCUT2D eigenvalue weighted by Gasteiger charge is 2.42. The van der Waals surface area contributed by atoms with Crippen LogP contribution in [0.5, 0.6) is 0 Å². The number of fused-ring (bicyclic) bond motifs is 30. The van der Waals surface area contributed by atoms with Crippen LogP contribution in [0.1, 0.15) is 74.9 Å². The van der Waals surface area contributed by atoms with Crippen LogP contribution in [-0.2, 0) is 16.2 Å². The average Bonchev–Trinajstić information content (AvgIpc) is 1.54. The molecule has 666 valence electrons. The van der Waals surface area contributed by atoms with Gasteiger partial charge in [-0.15, -0.1) is 0 Å². The van der Waals surface area contributed by atoms with Gasteiger partial charge in [-0.2, -0.15) is 0 Å². The lowest BCUT2D eigenvalue weighted by Crippen LogP contribution is -2.15. The second-order valence-electron chi connectivity index (χ2n) is 40.1. The Morgan fingerprint density at radius 3 is 0.674 bits per heavy atom. The van der Waals surface area contributed by atoms with Crippen molar-refractivity contribution in [2.45, 2.75) is 57.8 Å². The molecular weight excluding hydrogens is 1710 g/mol. The summed E-state index contributed by atoms with van der Waals surface area (Å²) in [4.78, 5) is 0. The lowest BCUT2D eigenvalue weighted by atomic mass is 9.80. The molecule has 6 aromatic heterocycles. The second-order valence-corrected chi connectivity index (χ2v) is 40.1. The Hall–Kier alpha value is -17.6. The van der Waals surface area contributed by atoms with E-state index in [0.29, 0.717) is 0 Å². The SMILES string of the molecule is CC1(C)c2ccccc2-c2ccc3c(c21)c1cc(-c2ccc4c5ccccc5n(-c5ccccc5)c4c2)ccc1n3-c1ccccc1.CC1(C)c2ccccc2-c2ccc3c(c21)c1ccc(-c2ccc4c(c2)c2ccccc2n4-c2ccccc2)cc1n3-c1ccccc1.CC1(C)c2ccccc2-c2ccc3c(c21)c1ccc(-c2ccc4c(c2)c2ccccc2n4-c2ccccc2)cc1n3-c1ccccc1. The number of nitrogens with zero attached hydrogens (tertiary/aromatic N) is 6. The van der Waals surface area contributed by atoms with Crippen molar-refractivity contribution in [1.29, 1.82) is 0 Å². The van der Waals surface area contributed by atoms with Crippen molar-refractivity contribution in [2.75, 3.05) is 0 Å². The van der Waals surface area contributed by atoms with E-state index in [2.05, 4.69) is 542 Å². The van der Waals surface area contributed by atoms with E-state index in [0.717, 1.165) is 0 Å². The molecule has 30 rings (SSSR count). The van der Waals surface area contributed by atoms with Crippen molar-refractivity contribution in [3.05, 3.63) is 507 Å². The lowest BCUT2D eigenvalue weighted by Gasteiger charge is -2.22. The van der Waals surface area contributed by atoms with E-state index in [1.807, 2.05) is 0 Å². The first-order valence-corrected chi connectivity index (χ1v) is 49.4. The van der Waals surface area contributed by atoms with Gasteiger partial charge in [0.15, 0.2) is 0 Å². The maximum Gasteiger partial charge on any atom is 0.0547 e. The van der Waals surface area contributed by atoms with Gasteiger partial charge in [-0.3, -0.25) is 0 Å². The third-order valence-electron chi connectivity index (χ3n) is 31.4. The van der Waals surface area contributed by atoms with Gasteiger partial charge in [0.25, 0.3) is 0 Å². The molecule has 0 fully saturated rings. The van der Waals surface area contributed by atoms with E-state index >= 15 is 0 Å². The summed E-state index contributed by atoms with van der Waals surface area (Å²) in [5.41, 5.74) is 45.5. The van der Waals surface area contributed by atoms with Crippen LogP contribution < -0.4 is 0 Å². The molecule has 0 spiro atoms. The summed E-state index contributed by atoms with van der Waals surface area (Å²) in [6.07, 6.45) is 0. The van der Waals surface area contributed by atoms with Crippen LogP contribution in [0.2, 0.25) is 0 Å². The van der Waals surface area contributed by atoms with Crippen molar-refractivity contribution in [2.24, 2.45) is 0 Å². The smallest absolute Gasteiger partial charge is 0.0547 e. The molecule has 0 radical (unpaired) electrons. The van der Waals surface area contributed by atoms with E-state index in [1.54, 1.807) is 0 Å². The molecule has 0 N–H and O–H groups in total. The van der Waals surface area contributed by atoms with E-state index in [4.69, 9.17) is 0 Å². The van der Waals surface area contributed by atoms with Crippen molar-refractivity contribution in [1.82, 2.24) is 27.4 Å². The Balaban J connectivity index is 0.000000104. The van der Waals surface area contributed by atoms with Gasteiger partial charge in [-0.25, -0.2) is 0 Å². The summed E-state index contributed by atoms with van der Waals surface area (Å²) in [6, 6.07) is 174. The summed E-state index contributed by atoms with van der Waals surface area (Å²) in [6.45, 7) is 14.3. The van der Waals surface area contributed by atoms with Crippen molar-refractivity contribution in [3.8, 4) is 101 Å². The van der Waals surface area contributed by atoms with E-state index < -0.39 is 0 Å². The first-order chi connectivity index (χ1) is 69.3. The molecule has 0 saturated heterocycles. The third-order valence-corrected chi connectivity index (χ3v) is 31.4. The molecule has 0 saturated carbocycles. The largest absolute Gasteiger partial charge is 0.309 e. The summed E-state index contributed by atoms with van der Waals surface area (Å²) in [5, 5.41) is 15.6. The number of hydrogen-bond acceptors (Lipinski definition) is 0. The van der Waals surface area contributed by atoms with E-state index in [1.165, 1.54) is 265 Å². The molecule has 141 heavy (non-hydrogen) atoms. The number of hydrogen-bond donors (Lipinski definition) is 0. The van der Waals surface area contributed by atoms with Crippen LogP contribution in [0, 0.1) is 0 Å². The minimum absolute atomic E-state index is 0.0993. The molecule has 0 bridgehead atoms. The Morgan fingerprint density at radius 2 is 0.340 bits per heavy atom. The van der Waals surface area contributed by atoms with E-state index in [-0.39, 0.29) is 16.2 Å². The molecular formula is C135H96N6. The first kappa shape index (κ1) is 81.7. The number of rotatable bonds is 9. The maximum atomic E-state index is 2.47. The lowest BCUT2D eigenvalue weighted by molar-refractivity contribution is 0.666. The number of para-hydroxylation sites is 9. The fraction of sp³-hybridized carbons (Fsp3) is 0.0667. The van der Waals surface area contributed by atoms with Gasteiger partial charge in [-0.05, 0) is 264 Å². The predicted octanol–water partition coefficient (Wildman–Crippen LogP) is 35.6. The second kappa shape index (κ2) is 31.2. The van der Waals surface area contributed by atoms with Crippen molar-refractivity contribution >= 4 is 131 Å². The minimum atomic E-state index is -0.118. The molecule has 3 aliphatic rings. The minimum Gasteiger partial charge on any atom is -0.309 e. The topological polar surface area (TPSA) is 29.6 Å². The molecule has 6 heteroatoms. The number of benzene rings is 21. The summed E-state index contributed by atoms with van der Waals surface area (Å²) < 4.78 is 14.5. The molecule has 3 aliphatic carbocycles. The van der Waals surface area contributed by atoms with Gasteiger partial charge in [0.2, 0.25) is 0 Å².